The molecule has 1 N–H and O–H groups in total. The van der Waals surface area contributed by atoms with Crippen LogP contribution in [0, 0.1) is 5.92 Å². The second-order valence-electron chi connectivity index (χ2n) is 6.12. The molecule has 2 unspecified atom stereocenters. The van der Waals surface area contributed by atoms with Crippen molar-refractivity contribution >= 4 is 15.5 Å². The summed E-state index contributed by atoms with van der Waals surface area (Å²) in [5.41, 5.74) is 1.01. The Labute approximate surface area is 128 Å². The number of likely N-dealkylation sites (tertiary alicyclic amines) is 1. The minimum absolute atomic E-state index is 0.214. The van der Waals surface area contributed by atoms with Crippen LogP contribution in [0.2, 0.25) is 0 Å². The third-order valence-corrected chi connectivity index (χ3v) is 6.08. The molecule has 2 rings (SSSR count). The number of hydrogen-bond acceptors (Lipinski definition) is 4. The van der Waals surface area contributed by atoms with Gasteiger partial charge < -0.3 is 10.2 Å². The van der Waals surface area contributed by atoms with E-state index in [-0.39, 0.29) is 5.75 Å². The highest BCUT2D eigenvalue weighted by Gasteiger charge is 2.24. The van der Waals surface area contributed by atoms with Gasteiger partial charge in [0.15, 0.2) is 9.84 Å². The maximum Gasteiger partial charge on any atom is 0.178 e. The Morgan fingerprint density at radius 1 is 1.29 bits per heavy atom. The van der Waals surface area contributed by atoms with E-state index in [1.807, 2.05) is 19.1 Å². The lowest BCUT2D eigenvalue weighted by Gasteiger charge is -2.35. The summed E-state index contributed by atoms with van der Waals surface area (Å²) in [6, 6.07) is 7.65. The normalized spacial score (nSPS) is 24.0. The first-order chi connectivity index (χ1) is 9.92. The molecule has 1 aliphatic heterocycles. The molecular formula is C16H26N2O2S. The second-order valence-corrected chi connectivity index (χ2v) is 8.23. The Morgan fingerprint density at radius 2 is 1.95 bits per heavy atom. The van der Waals surface area contributed by atoms with Gasteiger partial charge in [-0.3, -0.25) is 0 Å². The highest BCUT2D eigenvalue weighted by Crippen LogP contribution is 2.22. The molecule has 0 aromatic heterocycles. The molecule has 1 heterocycles. The van der Waals surface area contributed by atoms with Gasteiger partial charge in [-0.05, 0) is 56.6 Å². The fourth-order valence-corrected chi connectivity index (χ4v) is 4.25. The summed E-state index contributed by atoms with van der Waals surface area (Å²) >= 11 is 0. The maximum atomic E-state index is 12.0. The van der Waals surface area contributed by atoms with Gasteiger partial charge in [-0.1, -0.05) is 13.8 Å². The number of sulfone groups is 1. The van der Waals surface area contributed by atoms with Gasteiger partial charge in [0.05, 0.1) is 10.6 Å². The Morgan fingerprint density at radius 3 is 2.52 bits per heavy atom. The van der Waals surface area contributed by atoms with Crippen LogP contribution in [0.1, 0.15) is 26.7 Å². The first-order valence-corrected chi connectivity index (χ1v) is 9.35. The van der Waals surface area contributed by atoms with Gasteiger partial charge in [0, 0.05) is 18.3 Å². The molecule has 0 amide bonds. The van der Waals surface area contributed by atoms with E-state index < -0.39 is 9.84 Å². The topological polar surface area (TPSA) is 49.4 Å². The first kappa shape index (κ1) is 16.3. The monoisotopic (exact) mass is 310 g/mol. The molecule has 4 nitrogen and oxygen atoms in total. The number of piperidine rings is 1. The fourth-order valence-electron chi connectivity index (χ4n) is 2.93. The lowest BCUT2D eigenvalue weighted by molar-refractivity contribution is 0.206. The van der Waals surface area contributed by atoms with E-state index >= 15 is 0 Å². The molecule has 0 saturated carbocycles. The summed E-state index contributed by atoms with van der Waals surface area (Å²) < 4.78 is 24.0. The molecule has 0 radical (unpaired) electrons. The van der Waals surface area contributed by atoms with Crippen LogP contribution in [-0.4, -0.2) is 45.2 Å². The molecule has 1 aromatic rings. The van der Waals surface area contributed by atoms with Gasteiger partial charge in [-0.15, -0.1) is 0 Å². The summed E-state index contributed by atoms with van der Waals surface area (Å²) in [6.07, 6.45) is 1.77. The molecular weight excluding hydrogens is 284 g/mol. The zero-order chi connectivity index (χ0) is 15.5. The third-order valence-electron chi connectivity index (χ3n) is 4.15. The van der Waals surface area contributed by atoms with Crippen LogP contribution in [0.25, 0.3) is 0 Å². The van der Waals surface area contributed by atoms with Crippen LogP contribution < -0.4 is 5.32 Å². The average molecular weight is 310 g/mol. The van der Waals surface area contributed by atoms with Crippen LogP contribution in [-0.2, 0) is 9.84 Å². The van der Waals surface area contributed by atoms with Crippen molar-refractivity contribution in [3.8, 4) is 0 Å². The second kappa shape index (κ2) is 6.79. The lowest BCUT2D eigenvalue weighted by atomic mass is 9.94. The van der Waals surface area contributed by atoms with E-state index in [1.165, 1.54) is 0 Å². The van der Waals surface area contributed by atoms with E-state index in [4.69, 9.17) is 0 Å². The first-order valence-electron chi connectivity index (χ1n) is 7.70. The standard InChI is InChI=1S/C16H26N2O2S/c1-4-11-21(19,20)15-7-5-14(6-8-15)17-16-9-10-18(3)12-13(16)2/h5-8,13,16-17H,4,9-12H2,1-3H3. The molecule has 2 atom stereocenters. The zero-order valence-electron chi connectivity index (χ0n) is 13.2. The number of nitrogens with one attached hydrogen (secondary N) is 1. The van der Waals surface area contributed by atoms with E-state index in [0.717, 1.165) is 25.2 Å². The maximum absolute atomic E-state index is 12.0. The van der Waals surface area contributed by atoms with Crippen molar-refractivity contribution < 1.29 is 8.42 Å². The number of benzene rings is 1. The Balaban J connectivity index is 2.03. The van der Waals surface area contributed by atoms with Crippen molar-refractivity contribution in [2.75, 3.05) is 31.2 Å². The molecule has 118 valence electrons. The largest absolute Gasteiger partial charge is 0.382 e. The van der Waals surface area contributed by atoms with E-state index in [2.05, 4.69) is 24.2 Å². The molecule has 1 aromatic carbocycles. The van der Waals surface area contributed by atoms with Crippen molar-refractivity contribution in [3.63, 3.8) is 0 Å². The van der Waals surface area contributed by atoms with Gasteiger partial charge in [0.25, 0.3) is 0 Å². The summed E-state index contributed by atoms with van der Waals surface area (Å²) in [6.45, 7) is 6.34. The summed E-state index contributed by atoms with van der Waals surface area (Å²) in [5.74, 6) is 0.804. The Kier molecular flexibility index (Phi) is 5.27. The average Bonchev–Trinajstić information content (AvgIpc) is 2.42. The molecule has 5 heteroatoms. The molecule has 1 fully saturated rings. The highest BCUT2D eigenvalue weighted by atomic mass is 32.2. The third kappa shape index (κ3) is 4.20. The van der Waals surface area contributed by atoms with Gasteiger partial charge in [-0.25, -0.2) is 8.42 Å². The quantitative estimate of drug-likeness (QED) is 0.908. The van der Waals surface area contributed by atoms with Gasteiger partial charge in [0.1, 0.15) is 0 Å². The van der Waals surface area contributed by atoms with Crippen molar-refractivity contribution in [3.05, 3.63) is 24.3 Å². The number of hydrogen-bond donors (Lipinski definition) is 1. The highest BCUT2D eigenvalue weighted by molar-refractivity contribution is 7.91. The summed E-state index contributed by atoms with van der Waals surface area (Å²) in [7, 11) is -0.960. The van der Waals surface area contributed by atoms with Crippen LogP contribution in [0.4, 0.5) is 5.69 Å². The number of anilines is 1. The number of nitrogens with zero attached hydrogens (tertiary/aromatic N) is 1. The van der Waals surface area contributed by atoms with Crippen molar-refractivity contribution in [2.24, 2.45) is 5.92 Å². The minimum atomic E-state index is -3.11. The van der Waals surface area contributed by atoms with Crippen LogP contribution in [0.15, 0.2) is 29.2 Å². The van der Waals surface area contributed by atoms with Crippen molar-refractivity contribution in [2.45, 2.75) is 37.6 Å². The fraction of sp³-hybridized carbons (Fsp3) is 0.625. The summed E-state index contributed by atoms with van der Waals surface area (Å²) in [5, 5.41) is 3.54. The summed E-state index contributed by atoms with van der Waals surface area (Å²) in [4.78, 5) is 2.77. The van der Waals surface area contributed by atoms with Crippen molar-refractivity contribution in [1.29, 1.82) is 0 Å². The number of rotatable bonds is 5. The van der Waals surface area contributed by atoms with Gasteiger partial charge >= 0.3 is 0 Å². The van der Waals surface area contributed by atoms with Crippen LogP contribution in [0.3, 0.4) is 0 Å². The van der Waals surface area contributed by atoms with Crippen LogP contribution >= 0.6 is 0 Å². The minimum Gasteiger partial charge on any atom is -0.382 e. The zero-order valence-corrected chi connectivity index (χ0v) is 14.0. The van der Waals surface area contributed by atoms with E-state index in [9.17, 15) is 8.42 Å². The Bertz CT molecular complexity index is 554. The predicted octanol–water partition coefficient (Wildman–Crippen LogP) is 2.62. The van der Waals surface area contributed by atoms with Gasteiger partial charge in [-0.2, -0.15) is 0 Å². The lowest BCUT2D eigenvalue weighted by Crippen LogP contribution is -2.43. The predicted molar refractivity (Wildman–Crippen MR) is 87.5 cm³/mol. The Hall–Kier alpha value is -1.07. The SMILES string of the molecule is CCCS(=O)(=O)c1ccc(NC2CCN(C)CC2C)cc1. The molecule has 0 aliphatic carbocycles. The van der Waals surface area contributed by atoms with Crippen LogP contribution in [0.5, 0.6) is 0 Å². The molecule has 1 saturated heterocycles. The smallest absolute Gasteiger partial charge is 0.178 e. The molecule has 0 bridgehead atoms. The molecule has 1 aliphatic rings. The molecule has 21 heavy (non-hydrogen) atoms. The van der Waals surface area contributed by atoms with E-state index in [1.54, 1.807) is 12.1 Å². The van der Waals surface area contributed by atoms with Crippen molar-refractivity contribution in [1.82, 2.24) is 4.90 Å². The molecule has 0 spiro atoms. The van der Waals surface area contributed by atoms with Gasteiger partial charge in [0.2, 0.25) is 0 Å². The van der Waals surface area contributed by atoms with E-state index in [0.29, 0.717) is 23.3 Å².